The molecule has 130 valence electrons. The molecule has 0 aliphatic heterocycles. The van der Waals surface area contributed by atoms with Crippen LogP contribution in [0.5, 0.6) is 5.75 Å². The van der Waals surface area contributed by atoms with Crippen molar-refractivity contribution in [2.45, 2.75) is 33.1 Å². The molecule has 0 aromatic heterocycles. The highest BCUT2D eigenvalue weighted by Gasteiger charge is 2.54. The van der Waals surface area contributed by atoms with E-state index in [1.807, 2.05) is 0 Å². The molecule has 0 spiro atoms. The van der Waals surface area contributed by atoms with E-state index >= 15 is 0 Å². The maximum absolute atomic E-state index is 12.4. The number of hydrogen-bond donors (Lipinski definition) is 0. The van der Waals surface area contributed by atoms with Crippen molar-refractivity contribution < 1.29 is 19.2 Å². The fourth-order valence-corrected chi connectivity index (χ4v) is 4.39. The first-order valence-electron chi connectivity index (χ1n) is 8.34. The second-order valence-corrected chi connectivity index (χ2v) is 7.44. The Hall–Kier alpha value is -2.11. The molecule has 0 radical (unpaired) electrons. The quantitative estimate of drug-likeness (QED) is 0.465. The lowest BCUT2D eigenvalue weighted by atomic mass is 9.46. The van der Waals surface area contributed by atoms with Crippen LogP contribution in [0.4, 0.5) is 5.69 Å². The van der Waals surface area contributed by atoms with Gasteiger partial charge in [-0.3, -0.25) is 10.1 Å². The van der Waals surface area contributed by atoms with E-state index in [4.69, 9.17) is 9.47 Å². The van der Waals surface area contributed by atoms with E-state index in [0.29, 0.717) is 29.6 Å². The largest absolute Gasteiger partial charge is 0.497 e. The maximum atomic E-state index is 12.4. The highest BCUT2D eigenvalue weighted by molar-refractivity contribution is 5.94. The number of methoxy groups -OCH3 is 1. The number of nitrogens with zero attached hydrogens (tertiary/aromatic N) is 1. The number of nitro benzene ring substituents is 1. The molecule has 1 aromatic rings. The minimum Gasteiger partial charge on any atom is -0.497 e. The van der Waals surface area contributed by atoms with Crippen molar-refractivity contribution >= 4 is 11.7 Å². The number of benzene rings is 1. The minimum atomic E-state index is -0.653. The number of fused-ring (bicyclic) bond motifs is 2. The third-order valence-corrected chi connectivity index (χ3v) is 6.05. The van der Waals surface area contributed by atoms with Crippen molar-refractivity contribution in [1.82, 2.24) is 0 Å². The molecule has 3 aliphatic rings. The summed E-state index contributed by atoms with van der Waals surface area (Å²) >= 11 is 0. The Labute approximate surface area is 141 Å². The summed E-state index contributed by atoms with van der Waals surface area (Å²) in [7, 11) is 1.45. The molecule has 0 saturated heterocycles. The van der Waals surface area contributed by atoms with Crippen molar-refractivity contribution in [2.75, 3.05) is 13.7 Å². The van der Waals surface area contributed by atoms with Crippen LogP contribution in [-0.4, -0.2) is 24.6 Å². The molecule has 0 amide bonds. The van der Waals surface area contributed by atoms with Crippen LogP contribution in [0.15, 0.2) is 18.2 Å². The van der Waals surface area contributed by atoms with E-state index in [1.165, 1.54) is 38.2 Å². The van der Waals surface area contributed by atoms with E-state index in [9.17, 15) is 14.9 Å². The molecule has 3 fully saturated rings. The topological polar surface area (TPSA) is 78.7 Å². The van der Waals surface area contributed by atoms with Gasteiger partial charge in [-0.15, -0.1) is 0 Å². The lowest BCUT2D eigenvalue weighted by molar-refractivity contribution is -0.385. The molecule has 2 bridgehead atoms. The fraction of sp³-hybridized carbons (Fsp3) is 0.611. The van der Waals surface area contributed by atoms with Gasteiger partial charge in [-0.2, -0.15) is 0 Å². The summed E-state index contributed by atoms with van der Waals surface area (Å²) in [6.45, 7) is 4.90. The van der Waals surface area contributed by atoms with Gasteiger partial charge in [0, 0.05) is 12.1 Å². The zero-order valence-electron chi connectivity index (χ0n) is 14.3. The lowest BCUT2D eigenvalue weighted by Crippen LogP contribution is -2.53. The lowest BCUT2D eigenvalue weighted by Gasteiger charge is -2.60. The van der Waals surface area contributed by atoms with Crippen LogP contribution in [-0.2, 0) is 4.74 Å². The van der Waals surface area contributed by atoms with Crippen molar-refractivity contribution in [1.29, 1.82) is 0 Å². The van der Waals surface area contributed by atoms with Gasteiger partial charge in [0.05, 0.1) is 18.6 Å². The summed E-state index contributed by atoms with van der Waals surface area (Å²) in [4.78, 5) is 22.9. The van der Waals surface area contributed by atoms with Gasteiger partial charge in [0.15, 0.2) is 0 Å². The first-order valence-corrected chi connectivity index (χ1v) is 8.34. The van der Waals surface area contributed by atoms with Gasteiger partial charge in [-0.05, 0) is 48.5 Å². The summed E-state index contributed by atoms with van der Waals surface area (Å²) in [6, 6.07) is 4.10. The van der Waals surface area contributed by atoms with Gasteiger partial charge in [-0.25, -0.2) is 4.79 Å². The van der Waals surface area contributed by atoms with Crippen LogP contribution in [0.2, 0.25) is 0 Å². The van der Waals surface area contributed by atoms with E-state index in [1.54, 1.807) is 0 Å². The monoisotopic (exact) mass is 333 g/mol. The average molecular weight is 333 g/mol. The Morgan fingerprint density at radius 1 is 1.38 bits per heavy atom. The van der Waals surface area contributed by atoms with Crippen LogP contribution < -0.4 is 4.74 Å². The predicted molar refractivity (Wildman–Crippen MR) is 88.0 cm³/mol. The highest BCUT2D eigenvalue weighted by atomic mass is 16.6. The summed E-state index contributed by atoms with van der Waals surface area (Å²) in [5.41, 5.74) is 0.00600. The van der Waals surface area contributed by atoms with E-state index in [2.05, 4.69) is 13.8 Å². The predicted octanol–water partition coefficient (Wildman–Crippen LogP) is 3.83. The van der Waals surface area contributed by atoms with Gasteiger partial charge in [0.25, 0.3) is 5.69 Å². The Balaban J connectivity index is 1.70. The van der Waals surface area contributed by atoms with E-state index < -0.39 is 10.9 Å². The van der Waals surface area contributed by atoms with Crippen LogP contribution in [0, 0.1) is 33.3 Å². The minimum absolute atomic E-state index is 0.0547. The average Bonchev–Trinajstić information content (AvgIpc) is 2.58. The van der Waals surface area contributed by atoms with Crippen molar-refractivity contribution in [3.8, 4) is 5.75 Å². The molecule has 6 heteroatoms. The zero-order valence-corrected chi connectivity index (χ0v) is 14.3. The highest BCUT2D eigenvalue weighted by Crippen LogP contribution is 2.61. The van der Waals surface area contributed by atoms with Crippen LogP contribution in [0.25, 0.3) is 0 Å². The number of ether oxygens (including phenoxy) is 2. The van der Waals surface area contributed by atoms with Gasteiger partial charge >= 0.3 is 5.97 Å². The first kappa shape index (κ1) is 16.7. The summed E-state index contributed by atoms with van der Waals surface area (Å²) in [5, 5.41) is 11.1. The van der Waals surface area contributed by atoms with Gasteiger partial charge < -0.3 is 9.47 Å². The SMILES string of the molecule is COc1ccc([N+](=O)[O-])c(C(=O)OC[C@@H]2CC[C@H]3C[C@@H]2C3(C)C)c1. The maximum Gasteiger partial charge on any atom is 0.345 e. The molecule has 3 aliphatic carbocycles. The number of hydrogen-bond acceptors (Lipinski definition) is 5. The zero-order chi connectivity index (χ0) is 17.5. The molecule has 0 heterocycles. The molecule has 6 nitrogen and oxygen atoms in total. The fourth-order valence-electron chi connectivity index (χ4n) is 4.39. The Bertz CT molecular complexity index is 667. The second-order valence-electron chi connectivity index (χ2n) is 7.44. The molecule has 0 unspecified atom stereocenters. The molecular weight excluding hydrogens is 310 g/mol. The molecule has 0 N–H and O–H groups in total. The summed E-state index contributed by atoms with van der Waals surface area (Å²) < 4.78 is 10.5. The van der Waals surface area contributed by atoms with E-state index in [-0.39, 0.29) is 11.3 Å². The van der Waals surface area contributed by atoms with Crippen LogP contribution in [0.1, 0.15) is 43.5 Å². The molecule has 3 atom stereocenters. The van der Waals surface area contributed by atoms with E-state index in [0.717, 1.165) is 12.3 Å². The second kappa shape index (κ2) is 6.07. The molecule has 4 rings (SSSR count). The van der Waals surface area contributed by atoms with Crippen molar-refractivity contribution in [3.05, 3.63) is 33.9 Å². The van der Waals surface area contributed by atoms with Gasteiger partial charge in [-0.1, -0.05) is 13.8 Å². The number of carbonyl (C=O) groups excluding carboxylic acids is 1. The molecule has 24 heavy (non-hydrogen) atoms. The molecular formula is C18H23NO5. The Morgan fingerprint density at radius 2 is 2.12 bits per heavy atom. The normalized spacial score (nSPS) is 27.0. The smallest absolute Gasteiger partial charge is 0.345 e. The van der Waals surface area contributed by atoms with Gasteiger partial charge in [0.2, 0.25) is 0 Å². The van der Waals surface area contributed by atoms with Crippen LogP contribution in [0.3, 0.4) is 0 Å². The van der Waals surface area contributed by atoms with Crippen LogP contribution >= 0.6 is 0 Å². The molecule has 1 aromatic carbocycles. The Kier molecular flexibility index (Phi) is 4.24. The third kappa shape index (κ3) is 2.74. The van der Waals surface area contributed by atoms with Crippen molar-refractivity contribution in [2.24, 2.45) is 23.2 Å². The molecule has 3 saturated carbocycles. The standard InChI is InChI=1S/C18H23NO5/c1-18(2)12-5-4-11(15(18)8-12)10-24-17(20)14-9-13(23-3)6-7-16(14)19(21)22/h6-7,9,11-12,15H,4-5,8,10H2,1-3H3/t11-,12-,15-/m0/s1. The number of carbonyl (C=O) groups is 1. The summed E-state index contributed by atoms with van der Waals surface area (Å²) in [5.74, 6) is 1.45. The number of esters is 1. The third-order valence-electron chi connectivity index (χ3n) is 6.05. The first-order chi connectivity index (χ1) is 11.3. The number of nitro groups is 1. The number of rotatable bonds is 5. The summed E-state index contributed by atoms with van der Waals surface area (Å²) in [6.07, 6.45) is 3.44. The van der Waals surface area contributed by atoms with Gasteiger partial charge in [0.1, 0.15) is 11.3 Å². The Morgan fingerprint density at radius 3 is 2.71 bits per heavy atom. The van der Waals surface area contributed by atoms with Crippen molar-refractivity contribution in [3.63, 3.8) is 0 Å².